The number of nitrogens with one attached hydrogen (secondary N) is 1. The Morgan fingerprint density at radius 3 is 2.74 bits per heavy atom. The highest BCUT2D eigenvalue weighted by molar-refractivity contribution is 7.89. The lowest BCUT2D eigenvalue weighted by Crippen LogP contribution is -2.33. The minimum absolute atomic E-state index is 0.0167. The fourth-order valence-corrected chi connectivity index (χ4v) is 2.57. The van der Waals surface area contributed by atoms with Gasteiger partial charge >= 0.3 is 0 Å². The second-order valence-electron chi connectivity index (χ2n) is 3.98. The Hall–Kier alpha value is -1.09. The fraction of sp³-hybridized carbons (Fsp3) is 0.455. The summed E-state index contributed by atoms with van der Waals surface area (Å²) in [5.41, 5.74) is 5.61. The van der Waals surface area contributed by atoms with Crippen LogP contribution < -0.4 is 10.5 Å². The Morgan fingerprint density at radius 1 is 1.42 bits per heavy atom. The molecule has 0 radical (unpaired) electrons. The summed E-state index contributed by atoms with van der Waals surface area (Å²) in [6.45, 7) is 0.304. The zero-order valence-electron chi connectivity index (χ0n) is 10.4. The third-order valence-electron chi connectivity index (χ3n) is 2.37. The van der Waals surface area contributed by atoms with Gasteiger partial charge in [0.25, 0.3) is 0 Å². The Labute approximate surface area is 110 Å². The molecule has 0 saturated heterocycles. The number of methoxy groups -OCH3 is 1. The second-order valence-corrected chi connectivity index (χ2v) is 5.71. The first-order chi connectivity index (χ1) is 8.86. The smallest absolute Gasteiger partial charge is 0.243 e. The van der Waals surface area contributed by atoms with Gasteiger partial charge in [0.1, 0.15) is 16.5 Å². The van der Waals surface area contributed by atoms with Gasteiger partial charge in [-0.3, -0.25) is 0 Å². The van der Waals surface area contributed by atoms with Crippen molar-refractivity contribution in [1.29, 1.82) is 0 Å². The average molecular weight is 294 g/mol. The van der Waals surface area contributed by atoms with Crippen molar-refractivity contribution in [3.05, 3.63) is 29.8 Å². The van der Waals surface area contributed by atoms with Crippen molar-refractivity contribution in [2.45, 2.75) is 17.4 Å². The van der Waals surface area contributed by atoms with Gasteiger partial charge in [-0.25, -0.2) is 21.9 Å². The number of halogens is 2. The van der Waals surface area contributed by atoms with Crippen molar-refractivity contribution in [2.75, 3.05) is 20.3 Å². The van der Waals surface area contributed by atoms with Crippen LogP contribution in [0.15, 0.2) is 23.1 Å². The molecule has 0 amide bonds. The molecule has 108 valence electrons. The normalized spacial score (nSPS) is 13.5. The molecule has 3 N–H and O–H groups in total. The van der Waals surface area contributed by atoms with E-state index in [1.807, 2.05) is 0 Å². The average Bonchev–Trinajstić information content (AvgIpc) is 2.32. The summed E-state index contributed by atoms with van der Waals surface area (Å²) >= 11 is 0. The van der Waals surface area contributed by atoms with Crippen LogP contribution >= 0.6 is 0 Å². The van der Waals surface area contributed by atoms with Crippen LogP contribution in [0.5, 0.6) is 0 Å². The van der Waals surface area contributed by atoms with E-state index in [0.717, 1.165) is 12.1 Å². The van der Waals surface area contributed by atoms with Crippen LogP contribution in [0, 0.1) is 11.6 Å². The van der Waals surface area contributed by atoms with Gasteiger partial charge in [-0.05, 0) is 24.6 Å². The van der Waals surface area contributed by atoms with Crippen molar-refractivity contribution in [1.82, 2.24) is 4.72 Å². The van der Waals surface area contributed by atoms with Gasteiger partial charge in [-0.15, -0.1) is 0 Å². The van der Waals surface area contributed by atoms with Gasteiger partial charge in [0.2, 0.25) is 10.0 Å². The van der Waals surface area contributed by atoms with Crippen LogP contribution in [0.4, 0.5) is 8.78 Å². The summed E-state index contributed by atoms with van der Waals surface area (Å²) in [4.78, 5) is -0.715. The number of hydrogen-bond donors (Lipinski definition) is 2. The Bertz CT molecular complexity index is 523. The summed E-state index contributed by atoms with van der Waals surface area (Å²) in [6, 6.07) is 1.92. The van der Waals surface area contributed by atoms with Crippen LogP contribution in [0.3, 0.4) is 0 Å². The van der Waals surface area contributed by atoms with Gasteiger partial charge < -0.3 is 10.5 Å². The Kier molecular flexibility index (Phi) is 5.80. The predicted octanol–water partition coefficient (Wildman–Crippen LogP) is 0.607. The molecule has 0 saturated carbocycles. The van der Waals surface area contributed by atoms with E-state index in [4.69, 9.17) is 10.5 Å². The molecule has 1 unspecified atom stereocenters. The predicted molar refractivity (Wildman–Crippen MR) is 66.0 cm³/mol. The van der Waals surface area contributed by atoms with Gasteiger partial charge in [0.05, 0.1) is 6.61 Å². The number of rotatable bonds is 7. The lowest BCUT2D eigenvalue weighted by Gasteiger charge is -2.11. The number of benzene rings is 1. The third kappa shape index (κ3) is 4.83. The molecular formula is C11H16F2N2O3S. The van der Waals surface area contributed by atoms with Crippen LogP contribution in [-0.4, -0.2) is 34.7 Å². The Morgan fingerprint density at radius 2 is 2.11 bits per heavy atom. The standard InChI is InChI=1S/C11H16F2N2O3S/c1-18-7-9(14)4-5-15-19(16,17)11-6-8(12)2-3-10(11)13/h2-3,6,9,15H,4-5,7,14H2,1H3. The molecule has 0 aromatic heterocycles. The van der Waals surface area contributed by atoms with E-state index in [1.54, 1.807) is 0 Å². The van der Waals surface area contributed by atoms with E-state index in [1.165, 1.54) is 7.11 Å². The fourth-order valence-electron chi connectivity index (χ4n) is 1.44. The third-order valence-corrected chi connectivity index (χ3v) is 3.85. The molecule has 0 aliphatic rings. The number of hydrogen-bond acceptors (Lipinski definition) is 4. The zero-order valence-corrected chi connectivity index (χ0v) is 11.2. The van der Waals surface area contributed by atoms with Crippen molar-refractivity contribution in [2.24, 2.45) is 5.73 Å². The molecular weight excluding hydrogens is 278 g/mol. The Balaban J connectivity index is 2.68. The first-order valence-electron chi connectivity index (χ1n) is 5.56. The first kappa shape index (κ1) is 16.0. The number of ether oxygens (including phenoxy) is 1. The minimum Gasteiger partial charge on any atom is -0.383 e. The topological polar surface area (TPSA) is 81.4 Å². The first-order valence-corrected chi connectivity index (χ1v) is 7.04. The van der Waals surface area contributed by atoms with E-state index in [2.05, 4.69) is 4.72 Å². The summed E-state index contributed by atoms with van der Waals surface area (Å²) in [5.74, 6) is -1.83. The van der Waals surface area contributed by atoms with Crippen LogP contribution in [0.1, 0.15) is 6.42 Å². The molecule has 1 aromatic rings. The van der Waals surface area contributed by atoms with Crippen LogP contribution in [-0.2, 0) is 14.8 Å². The van der Waals surface area contributed by atoms with Crippen LogP contribution in [0.25, 0.3) is 0 Å². The van der Waals surface area contributed by atoms with Crippen molar-refractivity contribution in [3.63, 3.8) is 0 Å². The second kappa shape index (κ2) is 6.90. The highest BCUT2D eigenvalue weighted by atomic mass is 32.2. The monoisotopic (exact) mass is 294 g/mol. The summed E-state index contributed by atoms with van der Waals surface area (Å²) < 4.78 is 56.7. The van der Waals surface area contributed by atoms with E-state index in [9.17, 15) is 17.2 Å². The highest BCUT2D eigenvalue weighted by Gasteiger charge is 2.19. The maximum atomic E-state index is 13.3. The largest absolute Gasteiger partial charge is 0.383 e. The van der Waals surface area contributed by atoms with Crippen molar-refractivity contribution in [3.8, 4) is 0 Å². The highest BCUT2D eigenvalue weighted by Crippen LogP contribution is 2.15. The molecule has 0 aliphatic carbocycles. The van der Waals surface area contributed by atoms with E-state index in [-0.39, 0.29) is 19.2 Å². The van der Waals surface area contributed by atoms with Gasteiger partial charge in [0, 0.05) is 19.7 Å². The SMILES string of the molecule is COCC(N)CCNS(=O)(=O)c1cc(F)ccc1F. The molecule has 0 heterocycles. The summed E-state index contributed by atoms with van der Waals surface area (Å²) in [5, 5.41) is 0. The van der Waals surface area contributed by atoms with E-state index in [0.29, 0.717) is 12.5 Å². The minimum atomic E-state index is -4.09. The van der Waals surface area contributed by atoms with E-state index >= 15 is 0 Å². The molecule has 1 atom stereocenters. The molecule has 19 heavy (non-hydrogen) atoms. The van der Waals surface area contributed by atoms with Crippen molar-refractivity contribution < 1.29 is 21.9 Å². The summed E-state index contributed by atoms with van der Waals surface area (Å²) in [6.07, 6.45) is 0.323. The molecule has 5 nitrogen and oxygen atoms in total. The molecule has 1 aromatic carbocycles. The zero-order chi connectivity index (χ0) is 14.5. The molecule has 8 heteroatoms. The molecule has 0 fully saturated rings. The van der Waals surface area contributed by atoms with Gasteiger partial charge in [-0.2, -0.15) is 0 Å². The van der Waals surface area contributed by atoms with Crippen LogP contribution in [0.2, 0.25) is 0 Å². The lowest BCUT2D eigenvalue weighted by atomic mass is 10.2. The van der Waals surface area contributed by atoms with E-state index < -0.39 is 26.6 Å². The van der Waals surface area contributed by atoms with Gasteiger partial charge in [0.15, 0.2) is 0 Å². The number of nitrogens with two attached hydrogens (primary N) is 1. The molecule has 0 bridgehead atoms. The molecule has 0 spiro atoms. The van der Waals surface area contributed by atoms with Gasteiger partial charge in [-0.1, -0.05) is 0 Å². The lowest BCUT2D eigenvalue weighted by molar-refractivity contribution is 0.177. The number of sulfonamides is 1. The maximum absolute atomic E-state index is 13.3. The molecule has 0 aliphatic heterocycles. The summed E-state index contributed by atoms with van der Waals surface area (Å²) in [7, 11) is -2.61. The molecule has 1 rings (SSSR count). The quantitative estimate of drug-likeness (QED) is 0.772. The maximum Gasteiger partial charge on any atom is 0.243 e. The van der Waals surface area contributed by atoms with Crippen molar-refractivity contribution >= 4 is 10.0 Å².